The molecule has 3 amide bonds. The Morgan fingerprint density at radius 3 is 2.56 bits per heavy atom. The molecule has 2 aliphatic rings. The Kier molecular flexibility index (Phi) is 6.39. The van der Waals surface area contributed by atoms with Crippen LogP contribution in [-0.2, 0) is 4.79 Å². The Labute approximate surface area is 188 Å². The molecule has 0 bridgehead atoms. The van der Waals surface area contributed by atoms with Gasteiger partial charge >= 0.3 is 6.03 Å². The lowest BCUT2D eigenvalue weighted by atomic mass is 10.1. The summed E-state index contributed by atoms with van der Waals surface area (Å²) < 4.78 is 11.2. The summed E-state index contributed by atoms with van der Waals surface area (Å²) in [4.78, 5) is 29.1. The first kappa shape index (κ1) is 21.8. The van der Waals surface area contributed by atoms with E-state index in [-0.39, 0.29) is 24.4 Å². The van der Waals surface area contributed by atoms with Crippen LogP contribution in [0.25, 0.3) is 0 Å². The minimum absolute atomic E-state index is 0.0354. The van der Waals surface area contributed by atoms with Crippen molar-refractivity contribution in [2.45, 2.75) is 33.2 Å². The van der Waals surface area contributed by atoms with Crippen LogP contribution < -0.4 is 29.9 Å². The monoisotopic (exact) mass is 438 g/mol. The Balaban J connectivity index is 1.37. The van der Waals surface area contributed by atoms with E-state index >= 15 is 0 Å². The number of rotatable bonds is 6. The fourth-order valence-electron chi connectivity index (χ4n) is 4.17. The number of hydrogen-bond acceptors (Lipinski definition) is 5. The number of anilines is 3. The Morgan fingerprint density at radius 1 is 1.09 bits per heavy atom. The third kappa shape index (κ3) is 4.59. The van der Waals surface area contributed by atoms with Crippen LogP contribution in [0.15, 0.2) is 36.4 Å². The van der Waals surface area contributed by atoms with E-state index in [9.17, 15) is 9.59 Å². The fraction of sp³-hybridized carbons (Fsp3) is 0.417. The molecule has 32 heavy (non-hydrogen) atoms. The number of nitrogens with one attached hydrogen (secondary N) is 2. The highest BCUT2D eigenvalue weighted by molar-refractivity contribution is 5.98. The average Bonchev–Trinajstić information content (AvgIpc) is 3.15. The van der Waals surface area contributed by atoms with E-state index < -0.39 is 0 Å². The van der Waals surface area contributed by atoms with Gasteiger partial charge in [-0.1, -0.05) is 0 Å². The summed E-state index contributed by atoms with van der Waals surface area (Å²) in [6.07, 6.45) is 0.252. The predicted octanol–water partition coefficient (Wildman–Crippen LogP) is 3.54. The Hall–Kier alpha value is -3.42. The summed E-state index contributed by atoms with van der Waals surface area (Å²) in [5.41, 5.74) is 3.62. The minimum atomic E-state index is -0.314. The molecule has 8 nitrogen and oxygen atoms in total. The molecule has 2 aliphatic heterocycles. The second-order valence-electron chi connectivity index (χ2n) is 8.00. The van der Waals surface area contributed by atoms with Gasteiger partial charge in [-0.2, -0.15) is 0 Å². The number of benzene rings is 2. The standard InChI is InChI=1S/C24H30N4O4/c1-4-27(5-2)18-6-8-20(16(3)12-18)26-24(30)25-17-13-23(29)28(15-17)19-7-9-21-22(14-19)32-11-10-31-21/h6-9,12,14,17H,4-5,10-11,13,15H2,1-3H3,(H2,25,26,30)/t17-/m1/s1. The fourth-order valence-corrected chi connectivity index (χ4v) is 4.17. The number of carbonyl (C=O) groups is 2. The molecule has 0 aliphatic carbocycles. The summed E-state index contributed by atoms with van der Waals surface area (Å²) in [5.74, 6) is 1.29. The number of ether oxygens (including phenoxy) is 2. The van der Waals surface area contributed by atoms with Crippen molar-refractivity contribution in [3.05, 3.63) is 42.0 Å². The van der Waals surface area contributed by atoms with Crippen LogP contribution in [0, 0.1) is 6.92 Å². The van der Waals surface area contributed by atoms with Gasteiger partial charge in [-0.25, -0.2) is 4.79 Å². The highest BCUT2D eigenvalue weighted by Gasteiger charge is 2.32. The third-order valence-electron chi connectivity index (χ3n) is 5.88. The molecular formula is C24H30N4O4. The maximum atomic E-state index is 12.6. The van der Waals surface area contributed by atoms with E-state index in [0.29, 0.717) is 31.3 Å². The normalized spacial score (nSPS) is 17.3. The van der Waals surface area contributed by atoms with E-state index in [1.165, 1.54) is 0 Å². The summed E-state index contributed by atoms with van der Waals surface area (Å²) in [6, 6.07) is 10.9. The van der Waals surface area contributed by atoms with Crippen molar-refractivity contribution in [2.24, 2.45) is 0 Å². The number of fused-ring (bicyclic) bond motifs is 1. The van der Waals surface area contributed by atoms with Crippen molar-refractivity contribution in [3.8, 4) is 11.5 Å². The molecule has 1 fully saturated rings. The summed E-state index contributed by atoms with van der Waals surface area (Å²) in [5, 5.41) is 5.84. The van der Waals surface area contributed by atoms with Gasteiger partial charge in [0, 0.05) is 49.2 Å². The minimum Gasteiger partial charge on any atom is -0.486 e. The molecule has 0 radical (unpaired) electrons. The lowest BCUT2D eigenvalue weighted by Gasteiger charge is -2.23. The molecule has 170 valence electrons. The second-order valence-corrected chi connectivity index (χ2v) is 8.00. The smallest absolute Gasteiger partial charge is 0.319 e. The molecule has 2 N–H and O–H groups in total. The molecule has 0 aromatic heterocycles. The Bertz CT molecular complexity index is 1010. The van der Waals surface area contributed by atoms with Gasteiger partial charge in [0.05, 0.1) is 6.04 Å². The maximum absolute atomic E-state index is 12.6. The van der Waals surface area contributed by atoms with Crippen LogP contribution >= 0.6 is 0 Å². The van der Waals surface area contributed by atoms with Crippen molar-refractivity contribution in [2.75, 3.05) is 48.0 Å². The summed E-state index contributed by atoms with van der Waals surface area (Å²) in [6.45, 7) is 9.50. The van der Waals surface area contributed by atoms with E-state index in [2.05, 4.69) is 35.4 Å². The molecule has 2 aromatic carbocycles. The van der Waals surface area contributed by atoms with Crippen molar-refractivity contribution >= 4 is 29.0 Å². The number of nitrogens with zero attached hydrogens (tertiary/aromatic N) is 2. The maximum Gasteiger partial charge on any atom is 0.319 e. The number of carbonyl (C=O) groups excluding carboxylic acids is 2. The SMILES string of the molecule is CCN(CC)c1ccc(NC(=O)N[C@@H]2CC(=O)N(c3ccc4c(c3)OCCO4)C2)c(C)c1. The van der Waals surface area contributed by atoms with Crippen molar-refractivity contribution in [1.29, 1.82) is 0 Å². The molecule has 0 unspecified atom stereocenters. The Morgan fingerprint density at radius 2 is 1.84 bits per heavy atom. The number of aryl methyl sites for hydroxylation is 1. The van der Waals surface area contributed by atoms with Crippen LogP contribution in [0.4, 0.5) is 21.9 Å². The molecule has 4 rings (SSSR count). The molecule has 0 spiro atoms. The van der Waals surface area contributed by atoms with Gasteiger partial charge in [0.15, 0.2) is 11.5 Å². The summed E-state index contributed by atoms with van der Waals surface area (Å²) >= 11 is 0. The van der Waals surface area contributed by atoms with Crippen LogP contribution in [0.1, 0.15) is 25.8 Å². The van der Waals surface area contributed by atoms with Crippen LogP contribution in [-0.4, -0.2) is 50.8 Å². The number of amides is 3. The van der Waals surface area contributed by atoms with E-state index in [1.54, 1.807) is 4.90 Å². The third-order valence-corrected chi connectivity index (χ3v) is 5.88. The van der Waals surface area contributed by atoms with Crippen molar-refractivity contribution in [1.82, 2.24) is 5.32 Å². The molecule has 1 atom stereocenters. The molecule has 2 aromatic rings. The lowest BCUT2D eigenvalue weighted by Crippen LogP contribution is -2.39. The van der Waals surface area contributed by atoms with Crippen molar-refractivity contribution < 1.29 is 19.1 Å². The predicted molar refractivity (Wildman–Crippen MR) is 125 cm³/mol. The van der Waals surface area contributed by atoms with Gasteiger partial charge in [-0.05, 0) is 56.7 Å². The zero-order valence-electron chi connectivity index (χ0n) is 18.8. The van der Waals surface area contributed by atoms with Gasteiger partial charge < -0.3 is 29.9 Å². The highest BCUT2D eigenvalue weighted by Crippen LogP contribution is 2.35. The van der Waals surface area contributed by atoms with Crippen LogP contribution in [0.2, 0.25) is 0 Å². The first-order valence-electron chi connectivity index (χ1n) is 11.1. The molecule has 8 heteroatoms. The van der Waals surface area contributed by atoms with Crippen molar-refractivity contribution in [3.63, 3.8) is 0 Å². The van der Waals surface area contributed by atoms with Gasteiger partial charge in [-0.3, -0.25) is 4.79 Å². The van der Waals surface area contributed by atoms with E-state index in [0.717, 1.165) is 35.7 Å². The topological polar surface area (TPSA) is 83.1 Å². The van der Waals surface area contributed by atoms with E-state index in [4.69, 9.17) is 9.47 Å². The molecular weight excluding hydrogens is 408 g/mol. The first-order valence-corrected chi connectivity index (χ1v) is 11.1. The first-order chi connectivity index (χ1) is 15.5. The average molecular weight is 439 g/mol. The second kappa shape index (κ2) is 9.38. The van der Waals surface area contributed by atoms with Gasteiger partial charge in [0.2, 0.25) is 5.91 Å². The number of hydrogen-bond donors (Lipinski definition) is 2. The van der Waals surface area contributed by atoms with Gasteiger partial charge in [0.1, 0.15) is 13.2 Å². The molecule has 2 heterocycles. The zero-order valence-corrected chi connectivity index (χ0v) is 18.8. The van der Waals surface area contributed by atoms with E-state index in [1.807, 2.05) is 37.3 Å². The largest absolute Gasteiger partial charge is 0.486 e. The summed E-state index contributed by atoms with van der Waals surface area (Å²) in [7, 11) is 0. The quantitative estimate of drug-likeness (QED) is 0.721. The zero-order chi connectivity index (χ0) is 22.7. The number of urea groups is 1. The molecule has 1 saturated heterocycles. The highest BCUT2D eigenvalue weighted by atomic mass is 16.6. The molecule has 0 saturated carbocycles. The van der Waals surface area contributed by atoms with Crippen LogP contribution in [0.3, 0.4) is 0 Å². The van der Waals surface area contributed by atoms with Crippen LogP contribution in [0.5, 0.6) is 11.5 Å². The van der Waals surface area contributed by atoms with Gasteiger partial charge in [0.25, 0.3) is 0 Å². The lowest BCUT2D eigenvalue weighted by molar-refractivity contribution is -0.117. The van der Waals surface area contributed by atoms with Gasteiger partial charge in [-0.15, -0.1) is 0 Å².